The molecule has 1 N–H and O–H groups in total. The number of rotatable bonds is 3. The van der Waals surface area contributed by atoms with Gasteiger partial charge in [-0.25, -0.2) is 4.90 Å². The number of amides is 4. The van der Waals surface area contributed by atoms with E-state index in [9.17, 15) is 19.5 Å². The molecule has 2 aliphatic carbocycles. The summed E-state index contributed by atoms with van der Waals surface area (Å²) in [5.74, 6) is -4.88. The summed E-state index contributed by atoms with van der Waals surface area (Å²) in [5.41, 5.74) is 0.660. The Balaban J connectivity index is 1.54. The Morgan fingerprint density at radius 3 is 2.31 bits per heavy atom. The molecule has 2 heterocycles. The van der Waals surface area contributed by atoms with Gasteiger partial charge in [0.2, 0.25) is 23.6 Å². The molecule has 3 aromatic carbocycles. The van der Waals surface area contributed by atoms with Gasteiger partial charge in [-0.2, -0.15) is 0 Å². The van der Waals surface area contributed by atoms with E-state index in [1.807, 2.05) is 36.4 Å². The molecule has 2 aliphatic heterocycles. The van der Waals surface area contributed by atoms with E-state index in [0.717, 1.165) is 5.57 Å². The minimum atomic E-state index is -1.46. The number of halogens is 2. The van der Waals surface area contributed by atoms with Crippen molar-refractivity contribution in [3.05, 3.63) is 106 Å². The van der Waals surface area contributed by atoms with Gasteiger partial charge in [-0.15, -0.1) is 0 Å². The number of anilines is 1. The van der Waals surface area contributed by atoms with Crippen LogP contribution in [0.2, 0.25) is 10.0 Å². The van der Waals surface area contributed by atoms with Gasteiger partial charge in [-0.3, -0.25) is 24.1 Å². The van der Waals surface area contributed by atoms with E-state index < -0.39 is 46.8 Å². The SMILES string of the molecule is CN1C(=O)C2CC=C3C(CC4C(=O)N(c5cccc(Cl)c5)C(=O)C4(c4ccccc4)C3c3cc(Cl)ccc3O)C2C1=O. The van der Waals surface area contributed by atoms with E-state index in [4.69, 9.17) is 23.2 Å². The third kappa shape index (κ3) is 3.53. The fraction of sp³-hybridized carbons (Fsp3) is 0.273. The van der Waals surface area contributed by atoms with Crippen LogP contribution in [0.1, 0.15) is 29.9 Å². The highest BCUT2D eigenvalue weighted by atomic mass is 35.5. The third-order valence-corrected chi connectivity index (χ3v) is 10.2. The van der Waals surface area contributed by atoms with Gasteiger partial charge in [-0.05, 0) is 60.7 Å². The van der Waals surface area contributed by atoms with Crippen molar-refractivity contribution in [3.8, 4) is 5.75 Å². The number of likely N-dealkylation sites (tertiary alicyclic amines) is 1. The number of phenolic OH excluding ortho intramolecular Hbond substituents is 1. The van der Waals surface area contributed by atoms with Gasteiger partial charge in [0.15, 0.2) is 0 Å². The Hall–Kier alpha value is -3.94. The van der Waals surface area contributed by atoms with Crippen LogP contribution in [-0.2, 0) is 24.6 Å². The first-order valence-electron chi connectivity index (χ1n) is 13.9. The van der Waals surface area contributed by atoms with Gasteiger partial charge < -0.3 is 5.11 Å². The molecule has 1 saturated carbocycles. The zero-order valence-electron chi connectivity index (χ0n) is 22.5. The average Bonchev–Trinajstić information content (AvgIpc) is 3.35. The summed E-state index contributed by atoms with van der Waals surface area (Å²) in [5, 5.41) is 12.0. The Bertz CT molecular complexity index is 1720. The number of hydrogen-bond donors (Lipinski definition) is 1. The number of imide groups is 2. The Kier molecular flexibility index (Phi) is 6.12. The summed E-state index contributed by atoms with van der Waals surface area (Å²) in [7, 11) is 1.49. The topological polar surface area (TPSA) is 95.0 Å². The summed E-state index contributed by atoms with van der Waals surface area (Å²) in [6, 6.07) is 20.4. The van der Waals surface area contributed by atoms with E-state index in [1.165, 1.54) is 22.9 Å². The lowest BCUT2D eigenvalue weighted by molar-refractivity contribution is -0.138. The quantitative estimate of drug-likeness (QED) is 0.317. The van der Waals surface area contributed by atoms with Gasteiger partial charge in [0, 0.05) is 28.6 Å². The summed E-state index contributed by atoms with van der Waals surface area (Å²) >= 11 is 12.8. The van der Waals surface area contributed by atoms with Crippen LogP contribution >= 0.6 is 23.2 Å². The fourth-order valence-electron chi connectivity index (χ4n) is 8.00. The summed E-state index contributed by atoms with van der Waals surface area (Å²) in [6.07, 6.45) is 2.45. The van der Waals surface area contributed by atoms with Crippen molar-refractivity contribution in [2.45, 2.75) is 24.2 Å². The number of phenols is 1. The molecular weight excluding hydrogens is 575 g/mol. The molecule has 2 saturated heterocycles. The third-order valence-electron chi connectivity index (χ3n) is 9.69. The molecule has 0 spiro atoms. The maximum absolute atomic E-state index is 15.0. The predicted octanol–water partition coefficient (Wildman–Crippen LogP) is 5.49. The summed E-state index contributed by atoms with van der Waals surface area (Å²) in [6.45, 7) is 0. The van der Waals surface area contributed by atoms with E-state index in [0.29, 0.717) is 33.3 Å². The fourth-order valence-corrected chi connectivity index (χ4v) is 8.37. The molecule has 6 unspecified atom stereocenters. The minimum absolute atomic E-state index is 0.0745. The molecule has 0 radical (unpaired) electrons. The van der Waals surface area contributed by atoms with Crippen molar-refractivity contribution in [1.29, 1.82) is 0 Å². The Morgan fingerprint density at radius 2 is 1.57 bits per heavy atom. The first-order valence-corrected chi connectivity index (χ1v) is 14.6. The largest absolute Gasteiger partial charge is 0.508 e. The smallest absolute Gasteiger partial charge is 0.246 e. The van der Waals surface area contributed by atoms with Crippen molar-refractivity contribution >= 4 is 52.5 Å². The number of carbonyl (C=O) groups is 4. The molecule has 7 rings (SSSR count). The molecular formula is C33H26Cl2N2O5. The zero-order chi connectivity index (χ0) is 29.5. The second kappa shape index (κ2) is 9.54. The molecule has 4 aliphatic rings. The van der Waals surface area contributed by atoms with Crippen LogP contribution in [0.4, 0.5) is 5.69 Å². The van der Waals surface area contributed by atoms with Crippen molar-refractivity contribution in [2.75, 3.05) is 11.9 Å². The van der Waals surface area contributed by atoms with Crippen LogP contribution in [-0.4, -0.2) is 40.7 Å². The van der Waals surface area contributed by atoms with E-state index in [2.05, 4.69) is 0 Å². The van der Waals surface area contributed by atoms with Crippen molar-refractivity contribution in [1.82, 2.24) is 4.90 Å². The second-order valence-corrected chi connectivity index (χ2v) is 12.4. The first-order chi connectivity index (χ1) is 20.2. The van der Waals surface area contributed by atoms with Crippen molar-refractivity contribution in [2.24, 2.45) is 23.7 Å². The molecule has 3 fully saturated rings. The van der Waals surface area contributed by atoms with Crippen molar-refractivity contribution in [3.63, 3.8) is 0 Å². The van der Waals surface area contributed by atoms with Crippen LogP contribution in [0.3, 0.4) is 0 Å². The van der Waals surface area contributed by atoms with Gasteiger partial charge in [0.25, 0.3) is 0 Å². The molecule has 7 nitrogen and oxygen atoms in total. The first kappa shape index (κ1) is 26.9. The van der Waals surface area contributed by atoms with E-state index in [-0.39, 0.29) is 24.0 Å². The maximum atomic E-state index is 15.0. The predicted molar refractivity (Wildman–Crippen MR) is 157 cm³/mol. The summed E-state index contributed by atoms with van der Waals surface area (Å²) in [4.78, 5) is 58.5. The number of allylic oxidation sites excluding steroid dienone is 2. The van der Waals surface area contributed by atoms with E-state index in [1.54, 1.807) is 36.4 Å². The Morgan fingerprint density at radius 1 is 0.833 bits per heavy atom. The highest BCUT2D eigenvalue weighted by Crippen LogP contribution is 2.65. The van der Waals surface area contributed by atoms with Crippen LogP contribution in [0.15, 0.2) is 84.4 Å². The van der Waals surface area contributed by atoms with Crippen LogP contribution < -0.4 is 4.90 Å². The van der Waals surface area contributed by atoms with Gasteiger partial charge in [0.1, 0.15) is 5.75 Å². The number of nitrogens with zero attached hydrogens (tertiary/aromatic N) is 2. The van der Waals surface area contributed by atoms with Crippen LogP contribution in [0.5, 0.6) is 5.75 Å². The highest BCUT2D eigenvalue weighted by Gasteiger charge is 2.70. The lowest BCUT2D eigenvalue weighted by Crippen LogP contribution is -2.53. The average molecular weight is 601 g/mol. The normalized spacial score (nSPS) is 30.3. The molecule has 3 aromatic rings. The lowest BCUT2D eigenvalue weighted by atomic mass is 9.49. The lowest BCUT2D eigenvalue weighted by Gasteiger charge is -2.50. The number of aromatic hydroxyl groups is 1. The molecule has 4 amide bonds. The molecule has 0 bridgehead atoms. The van der Waals surface area contributed by atoms with Crippen LogP contribution in [0.25, 0.3) is 0 Å². The Labute approximate surface area is 252 Å². The number of hydrogen-bond acceptors (Lipinski definition) is 5. The highest BCUT2D eigenvalue weighted by molar-refractivity contribution is 6.32. The summed E-state index contributed by atoms with van der Waals surface area (Å²) < 4.78 is 0. The standard InChI is InChI=1S/C33H26Cl2N2O5/c1-36-29(39)22-12-11-21-23(27(22)31(36)41)16-25-30(40)37(20-9-5-8-18(34)14-20)32(42)33(25,17-6-3-2-4-7-17)28(21)24-15-19(35)10-13-26(24)38/h2-11,13-15,22-23,25,27-28,38H,12,16H2,1H3. The molecule has 212 valence electrons. The van der Waals surface area contributed by atoms with Crippen molar-refractivity contribution < 1.29 is 24.3 Å². The molecule has 42 heavy (non-hydrogen) atoms. The number of benzene rings is 3. The van der Waals surface area contributed by atoms with Gasteiger partial charge >= 0.3 is 0 Å². The zero-order valence-corrected chi connectivity index (χ0v) is 24.0. The molecule has 0 aromatic heterocycles. The molecule has 9 heteroatoms. The van der Waals surface area contributed by atoms with Crippen LogP contribution in [0, 0.1) is 23.7 Å². The minimum Gasteiger partial charge on any atom is -0.508 e. The number of fused-ring (bicyclic) bond motifs is 4. The second-order valence-electron chi connectivity index (χ2n) is 11.5. The molecule has 6 atom stereocenters. The van der Waals surface area contributed by atoms with Gasteiger partial charge in [-0.1, -0.05) is 71.2 Å². The maximum Gasteiger partial charge on any atom is 0.246 e. The number of carbonyl (C=O) groups excluding carboxylic acids is 4. The van der Waals surface area contributed by atoms with Gasteiger partial charge in [0.05, 0.1) is 28.9 Å². The van der Waals surface area contributed by atoms with E-state index >= 15 is 4.79 Å². The monoisotopic (exact) mass is 600 g/mol.